The Labute approximate surface area is 436 Å². The number of hydrogen-bond donors (Lipinski definition) is 0. The molecule has 14 rings (SSSR count). The molecule has 0 spiro atoms. The number of benzene rings is 10. The molecule has 0 bridgehead atoms. The Hall–Kier alpha value is -9.11. The fourth-order valence-electron chi connectivity index (χ4n) is 10.2. The van der Waals surface area contributed by atoms with Crippen LogP contribution in [0.1, 0.15) is 0 Å². The number of rotatable bonds is 9. The molecule has 0 saturated heterocycles. The average Bonchev–Trinajstić information content (AvgIpc) is 4.04. The number of halogens is 1. The van der Waals surface area contributed by atoms with Crippen molar-refractivity contribution in [1.29, 1.82) is 0 Å². The molecular weight excluding hydrogens is 1020 g/mol. The summed E-state index contributed by atoms with van der Waals surface area (Å²) < 4.78 is 10.5. The summed E-state index contributed by atoms with van der Waals surface area (Å²) in [6, 6.07) is 92.5. The van der Waals surface area contributed by atoms with Crippen LogP contribution < -0.4 is 0 Å². The van der Waals surface area contributed by atoms with Crippen LogP contribution >= 0.6 is 19.8 Å². The second-order valence-electron chi connectivity index (χ2n) is 18.4. The van der Waals surface area contributed by atoms with Crippen LogP contribution in [0.25, 0.3) is 123 Å². The van der Waals surface area contributed by atoms with E-state index in [1.165, 1.54) is 27.4 Å². The molecule has 0 N–H and O–H groups in total. The summed E-state index contributed by atoms with van der Waals surface area (Å²) >= 11 is -2.22. The molecule has 0 atom stereocenters. The zero-order valence-corrected chi connectivity index (χ0v) is 42.1. The molecule has 1 aliphatic rings. The monoisotopic (exact) mass is 1060 g/mol. The van der Waals surface area contributed by atoms with Gasteiger partial charge in [-0.25, -0.2) is 0 Å². The second kappa shape index (κ2) is 18.5. The topological polar surface area (TPSA) is 64.7 Å². The molecule has 0 radical (unpaired) electrons. The zero-order valence-electron chi connectivity index (χ0n) is 39.9. The van der Waals surface area contributed by atoms with Crippen LogP contribution in [-0.4, -0.2) is 19.9 Å². The Morgan fingerprint density at radius 2 is 0.743 bits per heavy atom. The third-order valence-corrected chi connectivity index (χ3v) is 19.9. The van der Waals surface area contributed by atoms with Gasteiger partial charge >= 0.3 is 370 Å². The van der Waals surface area contributed by atoms with E-state index in [0.29, 0.717) is 11.6 Å². The van der Waals surface area contributed by atoms with E-state index in [0.717, 1.165) is 94.8 Å². The van der Waals surface area contributed by atoms with E-state index in [9.17, 15) is 0 Å². The first-order valence-electron chi connectivity index (χ1n) is 24.8. The van der Waals surface area contributed by atoms with Crippen LogP contribution in [-0.2, 0) is 0 Å². The fraction of sp³-hybridized carbons (Fsp3) is 0. The van der Waals surface area contributed by atoms with Crippen LogP contribution in [0.4, 0.5) is 0 Å². The van der Waals surface area contributed by atoms with Crippen molar-refractivity contribution in [1.82, 2.24) is 19.9 Å². The Morgan fingerprint density at radius 3 is 1.45 bits per heavy atom. The molecule has 0 fully saturated rings. The first kappa shape index (κ1) is 43.7. The maximum atomic E-state index is 6.25. The van der Waals surface area contributed by atoms with E-state index in [-0.39, 0.29) is 0 Å². The molecule has 5 nitrogen and oxygen atoms in total. The summed E-state index contributed by atoms with van der Waals surface area (Å²) in [5, 5.41) is 2.26. The van der Waals surface area contributed by atoms with E-state index in [2.05, 4.69) is 206 Å². The maximum absolute atomic E-state index is 6.25. The molecule has 6 heteroatoms. The quantitative estimate of drug-likeness (QED) is 0.135. The van der Waals surface area contributed by atoms with E-state index >= 15 is 0 Å². The van der Waals surface area contributed by atoms with E-state index < -0.39 is 19.8 Å². The minimum atomic E-state index is -2.22. The second-order valence-corrected chi connectivity index (χ2v) is 23.6. The van der Waals surface area contributed by atoms with Crippen LogP contribution in [0.5, 0.6) is 0 Å². The molecule has 74 heavy (non-hydrogen) atoms. The van der Waals surface area contributed by atoms with Gasteiger partial charge in [0.1, 0.15) is 11.2 Å². The van der Waals surface area contributed by atoms with Gasteiger partial charge in [0.15, 0.2) is 0 Å². The Morgan fingerprint density at radius 1 is 0.270 bits per heavy atom. The van der Waals surface area contributed by atoms with Gasteiger partial charge in [0.25, 0.3) is 0 Å². The van der Waals surface area contributed by atoms with Crippen molar-refractivity contribution < 1.29 is 4.42 Å². The zero-order chi connectivity index (χ0) is 49.0. The van der Waals surface area contributed by atoms with Crippen molar-refractivity contribution in [3.63, 3.8) is 0 Å². The Bertz CT molecular complexity index is 4190. The molecule has 1 aliphatic heterocycles. The summed E-state index contributed by atoms with van der Waals surface area (Å²) in [6.45, 7) is 0. The molecule has 0 aliphatic carbocycles. The summed E-state index contributed by atoms with van der Waals surface area (Å²) in [6.07, 6.45) is 0. The average molecular weight is 1060 g/mol. The van der Waals surface area contributed by atoms with Gasteiger partial charge in [0, 0.05) is 10.8 Å². The van der Waals surface area contributed by atoms with Crippen molar-refractivity contribution in [2.24, 2.45) is 0 Å². The SMILES string of the molecule is c1ccc(-c2cc(-c3cccc(-c4cccc5c4-c4ccccc4I5c4cccc(-c5cc(-c6ccc(-c7ccc8c(c7)oc7ccccc78)cc6)nc(-c6ccccc6)n5)c4)c3)nc(-c3ccccc3)n2)cc1. The first-order chi connectivity index (χ1) is 36.6. The predicted molar refractivity (Wildman–Crippen MR) is 310 cm³/mol. The van der Waals surface area contributed by atoms with Gasteiger partial charge in [-0.05, 0) is 12.1 Å². The third-order valence-electron chi connectivity index (χ3n) is 13.9. The predicted octanol–water partition coefficient (Wildman–Crippen LogP) is 17.9. The minimum absolute atomic E-state index is 0.694. The number of fused-ring (bicyclic) bond motifs is 6. The molecular formula is C68H43IN4O. The number of furan rings is 1. The van der Waals surface area contributed by atoms with Gasteiger partial charge in [-0.15, -0.1) is 0 Å². The van der Waals surface area contributed by atoms with Crippen molar-refractivity contribution in [2.45, 2.75) is 0 Å². The standard InChI is InChI=1S/C68H43IN4O/c1-4-17-45(18-5-1)60-42-62(72-67(70-60)47-19-6-2-7-20-47)51-24-14-23-50(39-51)54-29-16-31-59-66(54)57-28-10-12-30-58(57)69(59)53-26-15-25-52(40-53)63-43-61(71-68(73-63)48-21-8-3-9-22-48)46-35-33-44(34-36-46)49-37-38-56-55-27-11-13-32-64(55)74-65(56)41-49/h1-43H. The molecule has 13 aromatic rings. The Kier molecular flexibility index (Phi) is 10.9. The molecule has 10 aromatic carbocycles. The van der Waals surface area contributed by atoms with Crippen molar-refractivity contribution in [3.8, 4) is 101 Å². The normalized spacial score (nSPS) is 12.2. The van der Waals surface area contributed by atoms with Gasteiger partial charge in [-0.2, -0.15) is 0 Å². The molecule has 0 unspecified atom stereocenters. The molecule has 0 amide bonds. The Balaban J connectivity index is 0.832. The van der Waals surface area contributed by atoms with Crippen LogP contribution in [0, 0.1) is 10.7 Å². The fourth-order valence-corrected chi connectivity index (χ4v) is 16.7. The first-order valence-corrected chi connectivity index (χ1v) is 28.0. The van der Waals surface area contributed by atoms with E-state index in [1.807, 2.05) is 54.6 Å². The van der Waals surface area contributed by atoms with Gasteiger partial charge in [-0.1, -0.05) is 30.3 Å². The van der Waals surface area contributed by atoms with Crippen LogP contribution in [0.2, 0.25) is 0 Å². The summed E-state index contributed by atoms with van der Waals surface area (Å²) in [5.41, 5.74) is 18.7. The third kappa shape index (κ3) is 7.97. The number of para-hydroxylation sites is 1. The van der Waals surface area contributed by atoms with Crippen molar-refractivity contribution >= 4 is 41.8 Å². The van der Waals surface area contributed by atoms with Gasteiger partial charge in [0.2, 0.25) is 0 Å². The van der Waals surface area contributed by atoms with Gasteiger partial charge < -0.3 is 4.42 Å². The molecule has 3 aromatic heterocycles. The number of hydrogen-bond acceptors (Lipinski definition) is 5. The summed E-state index contributed by atoms with van der Waals surface area (Å²) in [7, 11) is 0. The van der Waals surface area contributed by atoms with Gasteiger partial charge in [0.05, 0.1) is 0 Å². The summed E-state index contributed by atoms with van der Waals surface area (Å²) in [5.74, 6) is 1.40. The van der Waals surface area contributed by atoms with Crippen LogP contribution in [0.3, 0.4) is 0 Å². The van der Waals surface area contributed by atoms with E-state index in [4.69, 9.17) is 24.4 Å². The molecule has 348 valence electrons. The van der Waals surface area contributed by atoms with Gasteiger partial charge in [-0.3, -0.25) is 0 Å². The summed E-state index contributed by atoms with van der Waals surface area (Å²) in [4.78, 5) is 20.7. The molecule has 4 heterocycles. The van der Waals surface area contributed by atoms with E-state index in [1.54, 1.807) is 0 Å². The van der Waals surface area contributed by atoms with Crippen LogP contribution in [0.15, 0.2) is 265 Å². The van der Waals surface area contributed by atoms with Crippen molar-refractivity contribution in [3.05, 3.63) is 272 Å². The van der Waals surface area contributed by atoms with Crippen molar-refractivity contribution in [2.75, 3.05) is 0 Å². The number of nitrogens with zero attached hydrogens (tertiary/aromatic N) is 4. The number of aromatic nitrogens is 4. The molecule has 0 saturated carbocycles.